The summed E-state index contributed by atoms with van der Waals surface area (Å²) in [5.41, 5.74) is 5.64. The molecule has 0 saturated heterocycles. The highest BCUT2D eigenvalue weighted by Gasteiger charge is 2.27. The molecule has 0 saturated carbocycles. The summed E-state index contributed by atoms with van der Waals surface area (Å²) in [6.07, 6.45) is 6.49. The highest BCUT2D eigenvalue weighted by molar-refractivity contribution is 5.87. The largest absolute Gasteiger partial charge is 0.478 e. The van der Waals surface area contributed by atoms with E-state index in [0.717, 1.165) is 47.7 Å². The minimum atomic E-state index is -0.906. The number of nitrogens with zero attached hydrogens (tertiary/aromatic N) is 3. The second-order valence-electron chi connectivity index (χ2n) is 8.75. The Hall–Kier alpha value is -4.17. The molecular weight excluding hydrogens is 440 g/mol. The molecule has 2 aromatic carbocycles. The average Bonchev–Trinajstić information content (AvgIpc) is 3.33. The quantitative estimate of drug-likeness (QED) is 0.310. The van der Waals surface area contributed by atoms with Crippen molar-refractivity contribution in [3.05, 3.63) is 95.9 Å². The van der Waals surface area contributed by atoms with Gasteiger partial charge < -0.3 is 21.1 Å². The molecule has 8 heteroatoms. The first kappa shape index (κ1) is 22.6. The summed E-state index contributed by atoms with van der Waals surface area (Å²) in [5.74, 6) is -0.0722. The molecule has 4 aromatic rings. The van der Waals surface area contributed by atoms with Gasteiger partial charge in [-0.05, 0) is 42.3 Å². The molecule has 0 aliphatic carbocycles. The predicted octanol–water partition coefficient (Wildman–Crippen LogP) is 3.96. The first-order valence-corrected chi connectivity index (χ1v) is 11.7. The van der Waals surface area contributed by atoms with Gasteiger partial charge in [0.25, 0.3) is 0 Å². The van der Waals surface area contributed by atoms with E-state index in [9.17, 15) is 4.79 Å². The lowest BCUT2D eigenvalue weighted by atomic mass is 9.97. The van der Waals surface area contributed by atoms with Crippen LogP contribution in [-0.4, -0.2) is 45.0 Å². The summed E-state index contributed by atoms with van der Waals surface area (Å²) in [6, 6.07) is 19.7. The third-order valence-corrected chi connectivity index (χ3v) is 6.30. The number of aromatic carboxylic acids is 1. The van der Waals surface area contributed by atoms with Crippen LogP contribution in [0.1, 0.15) is 27.5 Å². The zero-order chi connectivity index (χ0) is 24.2. The number of carboxylic acids is 1. The topological polar surface area (TPSA) is 104 Å². The summed E-state index contributed by atoms with van der Waals surface area (Å²) >= 11 is 0. The number of nitrogens with one attached hydrogen (secondary N) is 3. The van der Waals surface area contributed by atoms with Gasteiger partial charge in [-0.25, -0.2) is 9.78 Å². The van der Waals surface area contributed by atoms with Crippen LogP contribution in [0.2, 0.25) is 0 Å². The van der Waals surface area contributed by atoms with Crippen LogP contribution in [0.3, 0.4) is 0 Å². The highest BCUT2D eigenvalue weighted by Crippen LogP contribution is 2.32. The Morgan fingerprint density at radius 1 is 1.14 bits per heavy atom. The molecule has 35 heavy (non-hydrogen) atoms. The van der Waals surface area contributed by atoms with Gasteiger partial charge in [0.15, 0.2) is 0 Å². The van der Waals surface area contributed by atoms with E-state index in [1.54, 1.807) is 16.8 Å². The Labute approximate surface area is 204 Å². The van der Waals surface area contributed by atoms with Crippen LogP contribution in [0, 0.1) is 0 Å². The van der Waals surface area contributed by atoms with Crippen LogP contribution >= 0.6 is 0 Å². The van der Waals surface area contributed by atoms with Crippen LogP contribution in [0.15, 0.2) is 79.3 Å². The van der Waals surface area contributed by atoms with E-state index in [0.29, 0.717) is 5.56 Å². The third kappa shape index (κ3) is 5.17. The molecule has 0 bridgehead atoms. The van der Waals surface area contributed by atoms with Crippen molar-refractivity contribution in [1.29, 1.82) is 0 Å². The maximum Gasteiger partial charge on any atom is 0.335 e. The lowest BCUT2D eigenvalue weighted by molar-refractivity contribution is 0.0697. The fourth-order valence-electron chi connectivity index (χ4n) is 4.43. The standard InChI is InChI=1S/C27H28N6O2/c1-33-17-22(15-31-33)21-13-23-26(30-14-21)32-24(16-29-23)25(19-5-3-2-4-6-19)28-12-11-18-7-9-20(10-8-18)27(34)35/h2-10,13-15,17,24-25,28-29H,11-12,16H2,1H3,(H,30,32)(H,34,35)/t24-,25-/m1/s1. The molecule has 1 aliphatic rings. The smallest absolute Gasteiger partial charge is 0.335 e. The summed E-state index contributed by atoms with van der Waals surface area (Å²) in [5, 5.41) is 24.2. The van der Waals surface area contributed by atoms with Crippen molar-refractivity contribution in [2.24, 2.45) is 7.05 Å². The van der Waals surface area contributed by atoms with E-state index in [1.165, 1.54) is 5.56 Å². The summed E-state index contributed by atoms with van der Waals surface area (Å²) < 4.78 is 1.78. The van der Waals surface area contributed by atoms with E-state index in [1.807, 2.05) is 43.8 Å². The molecule has 8 nitrogen and oxygen atoms in total. The molecule has 3 heterocycles. The molecule has 0 amide bonds. The maximum absolute atomic E-state index is 11.1. The first-order valence-electron chi connectivity index (χ1n) is 11.7. The molecular formula is C27H28N6O2. The molecule has 5 rings (SSSR count). The number of fused-ring (bicyclic) bond motifs is 1. The first-order chi connectivity index (χ1) is 17.1. The predicted molar refractivity (Wildman–Crippen MR) is 137 cm³/mol. The number of hydrogen-bond donors (Lipinski definition) is 4. The number of benzene rings is 2. The summed E-state index contributed by atoms with van der Waals surface area (Å²) in [6.45, 7) is 1.50. The molecule has 178 valence electrons. The van der Waals surface area contributed by atoms with Gasteiger partial charge in [0.2, 0.25) is 0 Å². The van der Waals surface area contributed by atoms with E-state index >= 15 is 0 Å². The van der Waals surface area contributed by atoms with E-state index in [4.69, 9.17) is 10.1 Å². The number of rotatable bonds is 8. The Balaban J connectivity index is 1.29. The van der Waals surface area contributed by atoms with Crippen LogP contribution in [0.5, 0.6) is 0 Å². The minimum Gasteiger partial charge on any atom is -0.478 e. The van der Waals surface area contributed by atoms with Gasteiger partial charge in [0.05, 0.1) is 29.5 Å². The van der Waals surface area contributed by atoms with Crippen molar-refractivity contribution < 1.29 is 9.90 Å². The SMILES string of the molecule is Cn1cc(-c2cnc3c(c2)NC[C@H]([C@H](NCCc2ccc(C(=O)O)cc2)c2ccccc2)N3)cn1. The number of aryl methyl sites for hydroxylation is 1. The zero-order valence-electron chi connectivity index (χ0n) is 19.5. The fourth-order valence-corrected chi connectivity index (χ4v) is 4.43. The zero-order valence-corrected chi connectivity index (χ0v) is 19.5. The maximum atomic E-state index is 11.1. The van der Waals surface area contributed by atoms with Gasteiger partial charge >= 0.3 is 5.97 Å². The van der Waals surface area contributed by atoms with Gasteiger partial charge in [-0.15, -0.1) is 0 Å². The normalized spacial score (nSPS) is 15.5. The minimum absolute atomic E-state index is 0.0648. The second kappa shape index (κ2) is 9.99. The molecule has 0 unspecified atom stereocenters. The molecule has 2 atom stereocenters. The Morgan fingerprint density at radius 3 is 2.66 bits per heavy atom. The summed E-state index contributed by atoms with van der Waals surface area (Å²) in [4.78, 5) is 15.8. The average molecular weight is 469 g/mol. The monoisotopic (exact) mass is 468 g/mol. The third-order valence-electron chi connectivity index (χ3n) is 6.30. The molecule has 2 aromatic heterocycles. The van der Waals surface area contributed by atoms with Crippen LogP contribution < -0.4 is 16.0 Å². The lowest BCUT2D eigenvalue weighted by Crippen LogP contribution is -2.44. The van der Waals surface area contributed by atoms with Gasteiger partial charge in [-0.1, -0.05) is 42.5 Å². The number of carbonyl (C=O) groups is 1. The van der Waals surface area contributed by atoms with E-state index < -0.39 is 5.97 Å². The van der Waals surface area contributed by atoms with Crippen molar-refractivity contribution in [3.8, 4) is 11.1 Å². The number of hydrogen-bond acceptors (Lipinski definition) is 6. The number of pyridine rings is 1. The van der Waals surface area contributed by atoms with Crippen molar-refractivity contribution in [2.45, 2.75) is 18.5 Å². The second-order valence-corrected chi connectivity index (χ2v) is 8.75. The number of carboxylic acid groups (broad SMARTS) is 1. The summed E-state index contributed by atoms with van der Waals surface area (Å²) in [7, 11) is 1.90. The van der Waals surface area contributed by atoms with Crippen LogP contribution in [0.4, 0.5) is 11.5 Å². The van der Waals surface area contributed by atoms with Gasteiger partial charge in [-0.2, -0.15) is 5.10 Å². The van der Waals surface area contributed by atoms with Crippen LogP contribution in [0.25, 0.3) is 11.1 Å². The Bertz CT molecular complexity index is 1300. The van der Waals surface area contributed by atoms with Gasteiger partial charge in [0, 0.05) is 37.1 Å². The Kier molecular flexibility index (Phi) is 6.45. The van der Waals surface area contributed by atoms with Crippen molar-refractivity contribution in [3.63, 3.8) is 0 Å². The van der Waals surface area contributed by atoms with Crippen molar-refractivity contribution in [2.75, 3.05) is 23.7 Å². The van der Waals surface area contributed by atoms with E-state index in [-0.39, 0.29) is 12.1 Å². The molecule has 0 fully saturated rings. The molecule has 4 N–H and O–H groups in total. The van der Waals surface area contributed by atoms with Crippen molar-refractivity contribution >= 4 is 17.5 Å². The molecule has 0 radical (unpaired) electrons. The van der Waals surface area contributed by atoms with Gasteiger partial charge in [-0.3, -0.25) is 4.68 Å². The Morgan fingerprint density at radius 2 is 1.94 bits per heavy atom. The van der Waals surface area contributed by atoms with E-state index in [2.05, 4.69) is 51.4 Å². The highest BCUT2D eigenvalue weighted by atomic mass is 16.4. The number of aromatic nitrogens is 3. The van der Waals surface area contributed by atoms with Gasteiger partial charge in [0.1, 0.15) is 5.82 Å². The molecule has 0 spiro atoms. The molecule has 1 aliphatic heterocycles. The van der Waals surface area contributed by atoms with Crippen molar-refractivity contribution in [1.82, 2.24) is 20.1 Å². The fraction of sp³-hybridized carbons (Fsp3) is 0.222. The lowest BCUT2D eigenvalue weighted by Gasteiger charge is -2.34. The number of anilines is 2. The van der Waals surface area contributed by atoms with Crippen LogP contribution in [-0.2, 0) is 13.5 Å².